The van der Waals surface area contributed by atoms with E-state index in [2.05, 4.69) is 57.0 Å². The van der Waals surface area contributed by atoms with Gasteiger partial charge in [-0.2, -0.15) is 0 Å². The van der Waals surface area contributed by atoms with E-state index < -0.39 is 5.54 Å². The second-order valence-electron chi connectivity index (χ2n) is 8.77. The monoisotopic (exact) mass is 556 g/mol. The number of hydrogen-bond donors (Lipinski definition) is 3. The van der Waals surface area contributed by atoms with E-state index in [4.69, 9.17) is 0 Å². The molecule has 8 nitrogen and oxygen atoms in total. The summed E-state index contributed by atoms with van der Waals surface area (Å²) >= 11 is 0. The van der Waals surface area contributed by atoms with E-state index in [1.54, 1.807) is 14.0 Å². The largest absolute Gasteiger partial charge is 0.356 e. The summed E-state index contributed by atoms with van der Waals surface area (Å²) < 4.78 is 0. The first-order valence-corrected chi connectivity index (χ1v) is 11.3. The maximum absolute atomic E-state index is 12.5. The molecule has 0 aliphatic carbocycles. The average molecular weight is 556 g/mol. The zero-order chi connectivity index (χ0) is 22.4. The van der Waals surface area contributed by atoms with E-state index in [1.807, 2.05) is 13.0 Å². The molecule has 3 N–H and O–H groups in total. The van der Waals surface area contributed by atoms with Crippen molar-refractivity contribution in [3.05, 3.63) is 35.9 Å². The highest BCUT2D eigenvalue weighted by Crippen LogP contribution is 2.21. The number of rotatable bonds is 8. The second-order valence-corrected chi connectivity index (χ2v) is 8.77. The van der Waals surface area contributed by atoms with Gasteiger partial charge in [0.15, 0.2) is 5.96 Å². The number of halogens is 1. The van der Waals surface area contributed by atoms with Gasteiger partial charge in [-0.1, -0.05) is 37.3 Å². The summed E-state index contributed by atoms with van der Waals surface area (Å²) in [6.45, 7) is 8.91. The average Bonchev–Trinajstić information content (AvgIpc) is 3.21. The molecule has 3 unspecified atom stereocenters. The van der Waals surface area contributed by atoms with E-state index >= 15 is 0 Å². The van der Waals surface area contributed by atoms with Crippen LogP contribution < -0.4 is 16.0 Å². The lowest BCUT2D eigenvalue weighted by atomic mass is 9.99. The highest BCUT2D eigenvalue weighted by Gasteiger charge is 2.45. The van der Waals surface area contributed by atoms with Gasteiger partial charge in [-0.25, -0.2) is 4.79 Å². The van der Waals surface area contributed by atoms with Crippen LogP contribution in [0.25, 0.3) is 0 Å². The summed E-state index contributed by atoms with van der Waals surface area (Å²) in [5.74, 6) is 0.621. The van der Waals surface area contributed by atoms with Crippen LogP contribution in [0.4, 0.5) is 4.79 Å². The van der Waals surface area contributed by atoms with Crippen LogP contribution in [-0.4, -0.2) is 72.0 Å². The van der Waals surface area contributed by atoms with Crippen molar-refractivity contribution < 1.29 is 9.59 Å². The third kappa shape index (κ3) is 6.34. The molecule has 0 radical (unpaired) electrons. The summed E-state index contributed by atoms with van der Waals surface area (Å²) in [6, 6.07) is 11.1. The number of likely N-dealkylation sites (tertiary alicyclic amines) is 1. The Balaban J connectivity index is 0.00000363. The summed E-state index contributed by atoms with van der Waals surface area (Å²) in [5, 5.41) is 9.62. The van der Waals surface area contributed by atoms with Gasteiger partial charge >= 0.3 is 6.03 Å². The lowest BCUT2D eigenvalue weighted by Gasteiger charge is -2.21. The molecule has 3 atom stereocenters. The van der Waals surface area contributed by atoms with Gasteiger partial charge in [-0.3, -0.25) is 19.6 Å². The van der Waals surface area contributed by atoms with Gasteiger partial charge in [0.25, 0.3) is 5.91 Å². The number of benzene rings is 1. The molecule has 1 aromatic carbocycles. The number of carbonyl (C=O) groups excluding carboxylic acids is 2. The zero-order valence-electron chi connectivity index (χ0n) is 19.6. The predicted molar refractivity (Wildman–Crippen MR) is 138 cm³/mol. The molecule has 9 heteroatoms. The smallest absolute Gasteiger partial charge is 0.325 e. The maximum atomic E-state index is 12.5. The van der Waals surface area contributed by atoms with E-state index in [0.29, 0.717) is 38.0 Å². The number of urea groups is 1. The maximum Gasteiger partial charge on any atom is 0.325 e. The Bertz CT molecular complexity index is 805. The number of hydrogen-bond acceptors (Lipinski definition) is 4. The van der Waals surface area contributed by atoms with Crippen LogP contribution in [0.3, 0.4) is 0 Å². The molecular weight excluding hydrogens is 519 g/mol. The Morgan fingerprint density at radius 2 is 2.00 bits per heavy atom. The molecule has 178 valence electrons. The standard InChI is InChI=1S/C23H36N6O2.HI/c1-5-23(3)20(30)29(22(31)27-23)13-9-12-25-21(24-4)26-19-14-17(2)28(16-19)15-18-10-7-6-8-11-18;/h6-8,10-11,17,19H,5,9,12-16H2,1-4H3,(H,27,31)(H2,24,25,26);1H. The van der Waals surface area contributed by atoms with Crippen molar-refractivity contribution >= 4 is 41.9 Å². The first kappa shape index (κ1) is 26.4. The molecule has 2 fully saturated rings. The molecule has 3 amide bonds. The highest BCUT2D eigenvalue weighted by atomic mass is 127. The summed E-state index contributed by atoms with van der Waals surface area (Å²) in [7, 11) is 1.76. The quantitative estimate of drug-likeness (QED) is 0.151. The molecule has 1 aromatic rings. The Kier molecular flexibility index (Phi) is 9.75. The summed E-state index contributed by atoms with van der Waals surface area (Å²) in [5.41, 5.74) is 0.560. The first-order valence-electron chi connectivity index (χ1n) is 11.3. The lowest BCUT2D eigenvalue weighted by Crippen LogP contribution is -2.45. The van der Waals surface area contributed by atoms with Crippen LogP contribution in [-0.2, 0) is 11.3 Å². The van der Waals surface area contributed by atoms with Crippen LogP contribution in [0.15, 0.2) is 35.3 Å². The number of carbonyl (C=O) groups is 2. The van der Waals surface area contributed by atoms with Gasteiger partial charge in [0.1, 0.15) is 5.54 Å². The fraction of sp³-hybridized carbons (Fsp3) is 0.609. The molecule has 2 heterocycles. The van der Waals surface area contributed by atoms with Gasteiger partial charge in [0.2, 0.25) is 0 Å². The molecule has 0 bridgehead atoms. The van der Waals surface area contributed by atoms with Crippen molar-refractivity contribution in [3.8, 4) is 0 Å². The molecule has 32 heavy (non-hydrogen) atoms. The van der Waals surface area contributed by atoms with E-state index in [-0.39, 0.29) is 35.9 Å². The normalized spacial score (nSPS) is 26.1. The van der Waals surface area contributed by atoms with Crippen LogP contribution in [0, 0.1) is 0 Å². The molecule has 3 rings (SSSR count). The number of imide groups is 1. The lowest BCUT2D eigenvalue weighted by molar-refractivity contribution is -0.130. The number of nitrogens with one attached hydrogen (secondary N) is 3. The zero-order valence-corrected chi connectivity index (χ0v) is 21.9. The Morgan fingerprint density at radius 3 is 2.62 bits per heavy atom. The minimum absolute atomic E-state index is 0. The van der Waals surface area contributed by atoms with Gasteiger partial charge < -0.3 is 16.0 Å². The molecule has 2 saturated heterocycles. The summed E-state index contributed by atoms with van der Waals surface area (Å²) in [6.07, 6.45) is 2.32. The fourth-order valence-corrected chi connectivity index (χ4v) is 4.26. The molecule has 0 aromatic heterocycles. The molecule has 0 spiro atoms. The van der Waals surface area contributed by atoms with Crippen molar-refractivity contribution in [2.45, 2.75) is 64.2 Å². The van der Waals surface area contributed by atoms with Crippen LogP contribution in [0.2, 0.25) is 0 Å². The van der Waals surface area contributed by atoms with E-state index in [1.165, 1.54) is 10.5 Å². The minimum Gasteiger partial charge on any atom is -0.356 e. The van der Waals surface area contributed by atoms with E-state index in [9.17, 15) is 9.59 Å². The number of nitrogens with zero attached hydrogens (tertiary/aromatic N) is 3. The molecular formula is C23H37IN6O2. The minimum atomic E-state index is -0.771. The van der Waals surface area contributed by atoms with Crippen molar-refractivity contribution in [2.24, 2.45) is 4.99 Å². The first-order chi connectivity index (χ1) is 14.9. The van der Waals surface area contributed by atoms with Gasteiger partial charge in [0, 0.05) is 45.3 Å². The van der Waals surface area contributed by atoms with Gasteiger partial charge in [0.05, 0.1) is 0 Å². The van der Waals surface area contributed by atoms with Crippen molar-refractivity contribution in [2.75, 3.05) is 26.7 Å². The van der Waals surface area contributed by atoms with Crippen molar-refractivity contribution in [3.63, 3.8) is 0 Å². The Hall–Kier alpha value is -1.88. The topological polar surface area (TPSA) is 89.1 Å². The molecule has 0 saturated carbocycles. The van der Waals surface area contributed by atoms with Crippen LogP contribution >= 0.6 is 24.0 Å². The van der Waals surface area contributed by atoms with E-state index in [0.717, 1.165) is 25.5 Å². The van der Waals surface area contributed by atoms with Crippen molar-refractivity contribution in [1.82, 2.24) is 25.8 Å². The van der Waals surface area contributed by atoms with Gasteiger partial charge in [-0.15, -0.1) is 24.0 Å². The highest BCUT2D eigenvalue weighted by molar-refractivity contribution is 14.0. The summed E-state index contributed by atoms with van der Waals surface area (Å²) in [4.78, 5) is 32.7. The second kappa shape index (κ2) is 11.8. The van der Waals surface area contributed by atoms with Gasteiger partial charge in [-0.05, 0) is 38.7 Å². The van der Waals surface area contributed by atoms with Crippen LogP contribution in [0.5, 0.6) is 0 Å². The van der Waals surface area contributed by atoms with Crippen LogP contribution in [0.1, 0.15) is 45.6 Å². The predicted octanol–water partition coefficient (Wildman–Crippen LogP) is 2.54. The third-order valence-corrected chi connectivity index (χ3v) is 6.40. The van der Waals surface area contributed by atoms with Crippen molar-refractivity contribution in [1.29, 1.82) is 0 Å². The number of amides is 3. The molecule has 2 aliphatic heterocycles. The third-order valence-electron chi connectivity index (χ3n) is 6.40. The Labute approximate surface area is 208 Å². The number of aliphatic imine (C=N–C) groups is 1. The number of guanidine groups is 1. The SMILES string of the molecule is CCC1(C)NC(=O)N(CCCNC(=NC)NC2CC(C)N(Cc3ccccc3)C2)C1=O.I. The Morgan fingerprint density at radius 1 is 1.28 bits per heavy atom. The molecule has 2 aliphatic rings. The fourth-order valence-electron chi connectivity index (χ4n) is 4.26.